The minimum absolute atomic E-state index is 0.0708. The Labute approximate surface area is 109 Å². The molecule has 0 amide bonds. The van der Waals surface area contributed by atoms with Crippen LogP contribution in [-0.2, 0) is 0 Å². The zero-order chi connectivity index (χ0) is 13.8. The van der Waals surface area contributed by atoms with Crippen LogP contribution in [0.3, 0.4) is 0 Å². The van der Waals surface area contributed by atoms with Crippen LogP contribution in [0, 0.1) is 0 Å². The predicted molar refractivity (Wildman–Crippen MR) is 71.2 cm³/mol. The average Bonchev–Trinajstić information content (AvgIpc) is 2.37. The summed E-state index contributed by atoms with van der Waals surface area (Å²) in [5.41, 5.74) is 0.596. The van der Waals surface area contributed by atoms with Crippen molar-refractivity contribution < 1.29 is 20.1 Å². The summed E-state index contributed by atoms with van der Waals surface area (Å²) >= 11 is 0. The normalized spacial score (nSPS) is 10.7. The quantitative estimate of drug-likeness (QED) is 0.583. The van der Waals surface area contributed by atoms with Gasteiger partial charge in [0, 0.05) is 11.6 Å². The Morgan fingerprint density at radius 3 is 2.37 bits per heavy atom. The van der Waals surface area contributed by atoms with Gasteiger partial charge in [-0.1, -0.05) is 18.2 Å². The van der Waals surface area contributed by atoms with Crippen LogP contribution in [0.15, 0.2) is 48.5 Å². The number of phenols is 3. The molecule has 3 N–H and O–H groups in total. The Morgan fingerprint density at radius 1 is 0.947 bits per heavy atom. The van der Waals surface area contributed by atoms with Crippen LogP contribution in [0.4, 0.5) is 0 Å². The van der Waals surface area contributed by atoms with Gasteiger partial charge in [-0.25, -0.2) is 0 Å². The van der Waals surface area contributed by atoms with E-state index in [1.807, 2.05) is 0 Å². The van der Waals surface area contributed by atoms with E-state index >= 15 is 0 Å². The number of aromatic hydroxyl groups is 3. The van der Waals surface area contributed by atoms with Crippen LogP contribution in [0.5, 0.6) is 17.2 Å². The number of carbonyl (C=O) groups excluding carboxylic acids is 1. The molecule has 0 aliphatic rings. The number of carbonyl (C=O) groups is 1. The third-order valence-electron chi connectivity index (χ3n) is 2.60. The summed E-state index contributed by atoms with van der Waals surface area (Å²) in [5.74, 6) is -0.743. The first-order valence-electron chi connectivity index (χ1n) is 5.60. The molecule has 2 rings (SSSR count). The summed E-state index contributed by atoms with van der Waals surface area (Å²) in [6.07, 6.45) is 2.71. The summed E-state index contributed by atoms with van der Waals surface area (Å²) in [4.78, 5) is 11.9. The molecule has 96 valence electrons. The van der Waals surface area contributed by atoms with Gasteiger partial charge >= 0.3 is 0 Å². The topological polar surface area (TPSA) is 77.8 Å². The number of ketones is 1. The molecule has 0 spiro atoms. The summed E-state index contributed by atoms with van der Waals surface area (Å²) in [6.45, 7) is 0. The largest absolute Gasteiger partial charge is 0.508 e. The summed E-state index contributed by atoms with van der Waals surface area (Å²) in [7, 11) is 0. The lowest BCUT2D eigenvalue weighted by Gasteiger charge is -2.01. The molecule has 0 atom stereocenters. The summed E-state index contributed by atoms with van der Waals surface area (Å²) < 4.78 is 0. The van der Waals surface area contributed by atoms with Crippen molar-refractivity contribution in [2.24, 2.45) is 0 Å². The second-order valence-electron chi connectivity index (χ2n) is 3.96. The molecular weight excluding hydrogens is 244 g/mol. The van der Waals surface area contributed by atoms with Gasteiger partial charge in [0.1, 0.15) is 17.2 Å². The lowest BCUT2D eigenvalue weighted by Crippen LogP contribution is -1.94. The van der Waals surface area contributed by atoms with Crippen molar-refractivity contribution in [2.75, 3.05) is 0 Å². The number of hydrogen-bond acceptors (Lipinski definition) is 4. The zero-order valence-corrected chi connectivity index (χ0v) is 9.95. The maximum Gasteiger partial charge on any atom is 0.189 e. The molecule has 0 fully saturated rings. The summed E-state index contributed by atoms with van der Waals surface area (Å²) in [6, 6.07) is 10.4. The standard InChI is InChI=1S/C15H12O4/c16-11-6-7-12(15(19)9-11)14(18)8-5-10-3-1-2-4-13(10)17/h1-9,16-17,19H/b8-5-. The molecule has 4 nitrogen and oxygen atoms in total. The number of benzene rings is 2. The number of allylic oxidation sites excluding steroid dienone is 1. The van der Waals surface area contributed by atoms with Crippen molar-refractivity contribution in [3.63, 3.8) is 0 Å². The van der Waals surface area contributed by atoms with Gasteiger partial charge in [0.2, 0.25) is 0 Å². The highest BCUT2D eigenvalue weighted by atomic mass is 16.3. The van der Waals surface area contributed by atoms with Crippen molar-refractivity contribution in [3.8, 4) is 17.2 Å². The van der Waals surface area contributed by atoms with Crippen molar-refractivity contribution in [2.45, 2.75) is 0 Å². The number of para-hydroxylation sites is 1. The molecule has 0 unspecified atom stereocenters. The first kappa shape index (κ1) is 12.7. The van der Waals surface area contributed by atoms with E-state index in [9.17, 15) is 15.0 Å². The Balaban J connectivity index is 2.24. The highest BCUT2D eigenvalue weighted by Crippen LogP contribution is 2.24. The van der Waals surface area contributed by atoms with Crippen LogP contribution < -0.4 is 0 Å². The van der Waals surface area contributed by atoms with Crippen molar-refractivity contribution in [3.05, 3.63) is 59.7 Å². The molecule has 0 bridgehead atoms. The van der Waals surface area contributed by atoms with Gasteiger partial charge in [0.25, 0.3) is 0 Å². The highest BCUT2D eigenvalue weighted by Gasteiger charge is 2.08. The predicted octanol–water partition coefficient (Wildman–Crippen LogP) is 2.70. The average molecular weight is 256 g/mol. The number of rotatable bonds is 3. The third kappa shape index (κ3) is 2.93. The SMILES string of the molecule is O=C(/C=C\c1ccccc1O)c1ccc(O)cc1O. The Kier molecular flexibility index (Phi) is 3.52. The van der Waals surface area contributed by atoms with Crippen LogP contribution in [-0.4, -0.2) is 21.1 Å². The van der Waals surface area contributed by atoms with Gasteiger partial charge in [-0.05, 0) is 30.4 Å². The van der Waals surface area contributed by atoms with E-state index < -0.39 is 5.78 Å². The van der Waals surface area contributed by atoms with Crippen LogP contribution in [0.25, 0.3) is 6.08 Å². The Bertz CT molecular complexity index is 644. The lowest BCUT2D eigenvalue weighted by atomic mass is 10.1. The van der Waals surface area contributed by atoms with E-state index in [2.05, 4.69) is 0 Å². The molecule has 4 heteroatoms. The number of phenolic OH excluding ortho intramolecular Hbond substituents is 3. The summed E-state index contributed by atoms with van der Waals surface area (Å²) in [5, 5.41) is 28.2. The van der Waals surface area contributed by atoms with E-state index in [1.165, 1.54) is 30.4 Å². The minimum atomic E-state index is -0.416. The monoisotopic (exact) mass is 256 g/mol. The van der Waals surface area contributed by atoms with Gasteiger partial charge in [-0.2, -0.15) is 0 Å². The molecule has 0 saturated heterocycles. The molecule has 2 aromatic carbocycles. The van der Waals surface area contributed by atoms with Crippen LogP contribution in [0.2, 0.25) is 0 Å². The first-order valence-corrected chi connectivity index (χ1v) is 5.60. The van der Waals surface area contributed by atoms with Crippen LogP contribution in [0.1, 0.15) is 15.9 Å². The van der Waals surface area contributed by atoms with Crippen molar-refractivity contribution in [1.82, 2.24) is 0 Å². The molecule has 0 aliphatic carbocycles. The Hall–Kier alpha value is -2.75. The fraction of sp³-hybridized carbons (Fsp3) is 0. The fourth-order valence-electron chi connectivity index (χ4n) is 1.61. The second kappa shape index (κ2) is 5.27. The maximum absolute atomic E-state index is 11.9. The van der Waals surface area contributed by atoms with E-state index in [0.29, 0.717) is 5.56 Å². The second-order valence-corrected chi connectivity index (χ2v) is 3.96. The van der Waals surface area contributed by atoms with Crippen molar-refractivity contribution in [1.29, 1.82) is 0 Å². The van der Waals surface area contributed by atoms with E-state index in [4.69, 9.17) is 5.11 Å². The van der Waals surface area contributed by atoms with E-state index in [1.54, 1.807) is 18.2 Å². The molecule has 19 heavy (non-hydrogen) atoms. The van der Waals surface area contributed by atoms with Gasteiger partial charge in [0.05, 0.1) is 5.56 Å². The van der Waals surface area contributed by atoms with Gasteiger partial charge in [0.15, 0.2) is 5.78 Å². The van der Waals surface area contributed by atoms with E-state index in [-0.39, 0.29) is 22.8 Å². The minimum Gasteiger partial charge on any atom is -0.508 e. The molecule has 0 aliphatic heterocycles. The lowest BCUT2D eigenvalue weighted by molar-refractivity contribution is 0.104. The molecular formula is C15H12O4. The van der Waals surface area contributed by atoms with Gasteiger partial charge in [-0.15, -0.1) is 0 Å². The fourth-order valence-corrected chi connectivity index (χ4v) is 1.61. The molecule has 0 radical (unpaired) electrons. The molecule has 0 heterocycles. The van der Waals surface area contributed by atoms with Crippen LogP contribution >= 0.6 is 0 Å². The van der Waals surface area contributed by atoms with Gasteiger partial charge < -0.3 is 15.3 Å². The van der Waals surface area contributed by atoms with Gasteiger partial charge in [-0.3, -0.25) is 4.79 Å². The molecule has 0 aromatic heterocycles. The van der Waals surface area contributed by atoms with E-state index in [0.717, 1.165) is 6.07 Å². The zero-order valence-electron chi connectivity index (χ0n) is 9.95. The highest BCUT2D eigenvalue weighted by molar-refractivity contribution is 6.08. The first-order chi connectivity index (χ1) is 9.08. The molecule has 0 saturated carbocycles. The Morgan fingerprint density at radius 2 is 1.68 bits per heavy atom. The molecule has 2 aromatic rings. The van der Waals surface area contributed by atoms with Crippen molar-refractivity contribution >= 4 is 11.9 Å². The number of hydrogen-bond donors (Lipinski definition) is 3. The maximum atomic E-state index is 11.9. The smallest absolute Gasteiger partial charge is 0.189 e. The third-order valence-corrected chi connectivity index (χ3v) is 2.60.